The van der Waals surface area contributed by atoms with E-state index in [9.17, 15) is 8.76 Å². The normalized spacial score (nSPS) is 13.6. The molecule has 2 N–H and O–H groups in total. The number of benzene rings is 1. The SMILES string of the molecule is COc1cccc(OC)c1-n1c(C[C@H](NS(=O)O)[C@H](OC)c2ncc(C)cn2)nnc1-c1cncc(C)c1. The molecule has 3 aromatic heterocycles. The van der Waals surface area contributed by atoms with Crippen LogP contribution in [0.15, 0.2) is 49.1 Å². The van der Waals surface area contributed by atoms with E-state index in [0.29, 0.717) is 34.7 Å². The molecular weight excluding hydrogens is 510 g/mol. The molecular formula is C25H29N7O5S. The van der Waals surface area contributed by atoms with Gasteiger partial charge in [0.25, 0.3) is 0 Å². The Bertz CT molecular complexity index is 1390. The maximum absolute atomic E-state index is 11.9. The van der Waals surface area contributed by atoms with E-state index >= 15 is 0 Å². The van der Waals surface area contributed by atoms with Crippen LogP contribution in [0.25, 0.3) is 17.1 Å². The van der Waals surface area contributed by atoms with Crippen molar-refractivity contribution >= 4 is 11.3 Å². The Morgan fingerprint density at radius 2 is 1.68 bits per heavy atom. The molecule has 0 bridgehead atoms. The van der Waals surface area contributed by atoms with E-state index < -0.39 is 23.4 Å². The first-order valence-corrected chi connectivity index (χ1v) is 12.7. The van der Waals surface area contributed by atoms with Crippen LogP contribution in [0.2, 0.25) is 0 Å². The van der Waals surface area contributed by atoms with Crippen LogP contribution in [0, 0.1) is 13.8 Å². The molecule has 0 aliphatic heterocycles. The van der Waals surface area contributed by atoms with Gasteiger partial charge in [0.05, 0.1) is 20.3 Å². The van der Waals surface area contributed by atoms with Gasteiger partial charge in [-0.2, -0.15) is 0 Å². The molecule has 38 heavy (non-hydrogen) atoms. The third kappa shape index (κ3) is 5.86. The quantitative estimate of drug-likeness (QED) is 0.273. The van der Waals surface area contributed by atoms with Crippen LogP contribution >= 0.6 is 0 Å². The second-order valence-corrected chi connectivity index (χ2v) is 9.22. The lowest BCUT2D eigenvalue weighted by Crippen LogP contribution is -2.40. The fourth-order valence-electron chi connectivity index (χ4n) is 4.14. The summed E-state index contributed by atoms with van der Waals surface area (Å²) in [5.41, 5.74) is 3.10. The number of aryl methyl sites for hydroxylation is 2. The average molecular weight is 540 g/mol. The molecule has 4 rings (SSSR count). The highest BCUT2D eigenvalue weighted by Crippen LogP contribution is 2.37. The van der Waals surface area contributed by atoms with Crippen molar-refractivity contribution in [3.8, 4) is 28.6 Å². The molecule has 0 aliphatic rings. The largest absolute Gasteiger partial charge is 0.494 e. The highest BCUT2D eigenvalue weighted by atomic mass is 32.2. The number of rotatable bonds is 11. The maximum Gasteiger partial charge on any atom is 0.232 e. The second-order valence-electron chi connectivity index (χ2n) is 8.49. The van der Waals surface area contributed by atoms with Crippen LogP contribution < -0.4 is 14.2 Å². The van der Waals surface area contributed by atoms with Crippen LogP contribution in [0.4, 0.5) is 0 Å². The lowest BCUT2D eigenvalue weighted by molar-refractivity contribution is 0.0671. The summed E-state index contributed by atoms with van der Waals surface area (Å²) in [6, 6.07) is 6.59. The summed E-state index contributed by atoms with van der Waals surface area (Å²) in [6.07, 6.45) is 6.08. The van der Waals surface area contributed by atoms with Crippen molar-refractivity contribution in [3.63, 3.8) is 0 Å². The Kier molecular flexibility index (Phi) is 8.73. The minimum absolute atomic E-state index is 0.107. The molecule has 12 nitrogen and oxygen atoms in total. The van der Waals surface area contributed by atoms with Crippen molar-refractivity contribution < 1.29 is 23.0 Å². The van der Waals surface area contributed by atoms with Gasteiger partial charge in [0, 0.05) is 43.9 Å². The van der Waals surface area contributed by atoms with Gasteiger partial charge in [-0.05, 0) is 43.2 Å². The average Bonchev–Trinajstić information content (AvgIpc) is 3.32. The third-order valence-corrected chi connectivity index (χ3v) is 6.32. The molecule has 3 atom stereocenters. The number of aromatic nitrogens is 6. The van der Waals surface area contributed by atoms with Gasteiger partial charge in [0.2, 0.25) is 11.3 Å². The monoisotopic (exact) mass is 539 g/mol. The van der Waals surface area contributed by atoms with E-state index in [1.54, 1.807) is 55.7 Å². The van der Waals surface area contributed by atoms with Gasteiger partial charge in [0.1, 0.15) is 29.1 Å². The van der Waals surface area contributed by atoms with Gasteiger partial charge < -0.3 is 14.2 Å². The molecule has 0 spiro atoms. The molecule has 1 unspecified atom stereocenters. The molecule has 0 fully saturated rings. The Balaban J connectivity index is 1.89. The smallest absolute Gasteiger partial charge is 0.232 e. The number of nitrogens with zero attached hydrogens (tertiary/aromatic N) is 6. The molecule has 0 amide bonds. The molecule has 3 heterocycles. The highest BCUT2D eigenvalue weighted by Gasteiger charge is 2.31. The lowest BCUT2D eigenvalue weighted by atomic mass is 10.1. The Morgan fingerprint density at radius 3 is 2.26 bits per heavy atom. The molecule has 13 heteroatoms. The number of hydrogen-bond donors (Lipinski definition) is 2. The zero-order valence-corrected chi connectivity index (χ0v) is 22.5. The molecule has 0 radical (unpaired) electrons. The van der Waals surface area contributed by atoms with Crippen molar-refractivity contribution in [2.45, 2.75) is 32.4 Å². The summed E-state index contributed by atoms with van der Waals surface area (Å²) >= 11 is -2.37. The van der Waals surface area contributed by atoms with Gasteiger partial charge in [-0.25, -0.2) is 18.9 Å². The predicted octanol–water partition coefficient (Wildman–Crippen LogP) is 2.78. The van der Waals surface area contributed by atoms with Crippen LogP contribution in [0.1, 0.15) is 28.9 Å². The van der Waals surface area contributed by atoms with Gasteiger partial charge in [0.15, 0.2) is 11.6 Å². The van der Waals surface area contributed by atoms with Crippen molar-refractivity contribution in [2.24, 2.45) is 0 Å². The highest BCUT2D eigenvalue weighted by molar-refractivity contribution is 7.77. The van der Waals surface area contributed by atoms with Crippen molar-refractivity contribution in [1.29, 1.82) is 0 Å². The summed E-state index contributed by atoms with van der Waals surface area (Å²) < 4.78 is 43.2. The first kappa shape index (κ1) is 27.3. The van der Waals surface area contributed by atoms with E-state index in [1.165, 1.54) is 7.11 Å². The molecule has 4 aromatic rings. The van der Waals surface area contributed by atoms with Crippen LogP contribution in [-0.2, 0) is 22.4 Å². The summed E-state index contributed by atoms with van der Waals surface area (Å²) in [5.74, 6) is 2.33. The zero-order chi connectivity index (χ0) is 27.2. The summed E-state index contributed by atoms with van der Waals surface area (Å²) in [4.78, 5) is 13.1. The fraction of sp³-hybridized carbons (Fsp3) is 0.320. The maximum atomic E-state index is 11.9. The number of ether oxygens (including phenoxy) is 3. The van der Waals surface area contributed by atoms with Crippen molar-refractivity contribution in [3.05, 3.63) is 71.8 Å². The number of pyridine rings is 1. The number of para-hydroxylation sites is 1. The molecule has 0 saturated carbocycles. The van der Waals surface area contributed by atoms with E-state index in [2.05, 4.69) is 29.9 Å². The van der Waals surface area contributed by atoms with Crippen LogP contribution in [0.5, 0.6) is 11.5 Å². The Labute approximate surface area is 222 Å². The van der Waals surface area contributed by atoms with Gasteiger partial charge in [-0.1, -0.05) is 6.07 Å². The van der Waals surface area contributed by atoms with Gasteiger partial charge >= 0.3 is 0 Å². The van der Waals surface area contributed by atoms with Crippen LogP contribution in [0.3, 0.4) is 0 Å². The summed E-state index contributed by atoms with van der Waals surface area (Å²) in [7, 11) is 4.61. The predicted molar refractivity (Wildman–Crippen MR) is 140 cm³/mol. The van der Waals surface area contributed by atoms with Gasteiger partial charge in [-0.3, -0.25) is 14.1 Å². The topological polar surface area (TPSA) is 146 Å². The second kappa shape index (κ2) is 12.2. The molecule has 200 valence electrons. The molecule has 1 aromatic carbocycles. The minimum Gasteiger partial charge on any atom is -0.494 e. The standard InChI is InChI=1S/C25H29N7O5S/c1-15-9-17(14-26-11-15)25-30-29-21(32(25)22-19(35-3)7-6-8-20(22)36-4)10-18(31-38(33)34)23(37-5)24-27-12-16(2)13-28-24/h6-9,11-14,18,23,31H,10H2,1-5H3,(H,33,34)/t18-,23-/m0/s1. The minimum atomic E-state index is -2.37. The Hall–Kier alpha value is -3.78. The molecule has 0 saturated heterocycles. The van der Waals surface area contributed by atoms with Crippen LogP contribution in [-0.4, -0.2) is 65.8 Å². The Morgan fingerprint density at radius 1 is 1.00 bits per heavy atom. The zero-order valence-electron chi connectivity index (χ0n) is 21.7. The van der Waals surface area contributed by atoms with Gasteiger partial charge in [-0.15, -0.1) is 10.2 Å². The number of methoxy groups -OCH3 is 3. The number of hydrogen-bond acceptors (Lipinski definition) is 9. The van der Waals surface area contributed by atoms with E-state index in [0.717, 1.165) is 16.7 Å². The van der Waals surface area contributed by atoms with E-state index in [-0.39, 0.29) is 6.42 Å². The fourth-order valence-corrected chi connectivity index (χ4v) is 4.60. The summed E-state index contributed by atoms with van der Waals surface area (Å²) in [6.45, 7) is 3.80. The first-order valence-electron chi connectivity index (χ1n) is 11.6. The third-order valence-electron chi connectivity index (χ3n) is 5.82. The molecule has 0 aliphatic carbocycles. The lowest BCUT2D eigenvalue weighted by Gasteiger charge is -2.25. The first-order chi connectivity index (χ1) is 18.4. The number of nitrogens with one attached hydrogen (secondary N) is 1. The summed E-state index contributed by atoms with van der Waals surface area (Å²) in [5, 5.41) is 8.96. The van der Waals surface area contributed by atoms with Crippen molar-refractivity contribution in [1.82, 2.24) is 34.4 Å². The van der Waals surface area contributed by atoms with Crippen molar-refractivity contribution in [2.75, 3.05) is 21.3 Å². The van der Waals surface area contributed by atoms with E-state index in [4.69, 9.17) is 14.2 Å². The van der Waals surface area contributed by atoms with E-state index in [1.807, 2.05) is 26.0 Å².